The van der Waals surface area contributed by atoms with Gasteiger partial charge in [0.15, 0.2) is 0 Å². The van der Waals surface area contributed by atoms with E-state index in [1.165, 1.54) is 0 Å². The molecule has 1 rings (SSSR count). The van der Waals surface area contributed by atoms with Gasteiger partial charge in [0.2, 0.25) is 11.8 Å². The first kappa shape index (κ1) is 15.2. The standard InChI is InChI=1S/C14H20N2O3/c1-4-13(17)15-10(2)14(18)16-12-7-5-11(6-8-12)9-19-3/h5-8,10H,4,9H2,1-3H3,(H,15,17)(H,16,18). The Bertz CT molecular complexity index is 429. The monoisotopic (exact) mass is 264 g/mol. The fraction of sp³-hybridized carbons (Fsp3) is 0.429. The van der Waals surface area contributed by atoms with Gasteiger partial charge in [-0.3, -0.25) is 9.59 Å². The molecule has 0 heterocycles. The van der Waals surface area contributed by atoms with Gasteiger partial charge in [-0.05, 0) is 24.6 Å². The predicted octanol–water partition coefficient (Wildman–Crippen LogP) is 1.69. The highest BCUT2D eigenvalue weighted by molar-refractivity contribution is 5.96. The molecule has 1 unspecified atom stereocenters. The number of amides is 2. The van der Waals surface area contributed by atoms with E-state index in [0.717, 1.165) is 5.56 Å². The Morgan fingerprint density at radius 1 is 1.26 bits per heavy atom. The molecule has 1 atom stereocenters. The van der Waals surface area contributed by atoms with Crippen molar-refractivity contribution in [1.82, 2.24) is 5.32 Å². The van der Waals surface area contributed by atoms with Crippen LogP contribution in [0.5, 0.6) is 0 Å². The molecule has 0 saturated heterocycles. The zero-order chi connectivity index (χ0) is 14.3. The third kappa shape index (κ3) is 5.09. The van der Waals surface area contributed by atoms with Gasteiger partial charge in [-0.2, -0.15) is 0 Å². The first-order valence-electron chi connectivity index (χ1n) is 6.25. The summed E-state index contributed by atoms with van der Waals surface area (Å²) in [6, 6.07) is 6.83. The Morgan fingerprint density at radius 3 is 2.42 bits per heavy atom. The van der Waals surface area contributed by atoms with Crippen LogP contribution in [0.4, 0.5) is 5.69 Å². The van der Waals surface area contributed by atoms with Crippen LogP contribution in [0.15, 0.2) is 24.3 Å². The number of hydrogen-bond donors (Lipinski definition) is 2. The Balaban J connectivity index is 2.54. The van der Waals surface area contributed by atoms with Crippen molar-refractivity contribution >= 4 is 17.5 Å². The van der Waals surface area contributed by atoms with Crippen LogP contribution in [0.1, 0.15) is 25.8 Å². The fourth-order valence-corrected chi connectivity index (χ4v) is 1.51. The Labute approximate surface area is 113 Å². The van der Waals surface area contributed by atoms with Crippen LogP contribution >= 0.6 is 0 Å². The first-order chi connectivity index (χ1) is 9.06. The maximum atomic E-state index is 11.8. The molecule has 104 valence electrons. The van der Waals surface area contributed by atoms with Gasteiger partial charge >= 0.3 is 0 Å². The highest BCUT2D eigenvalue weighted by Crippen LogP contribution is 2.10. The Hall–Kier alpha value is -1.88. The molecule has 1 aromatic carbocycles. The number of anilines is 1. The lowest BCUT2D eigenvalue weighted by Gasteiger charge is -2.13. The number of ether oxygens (including phenoxy) is 1. The largest absolute Gasteiger partial charge is 0.380 e. The average molecular weight is 264 g/mol. The molecule has 1 aromatic rings. The molecular formula is C14H20N2O3. The minimum atomic E-state index is -0.550. The van der Waals surface area contributed by atoms with Crippen molar-refractivity contribution in [3.05, 3.63) is 29.8 Å². The predicted molar refractivity (Wildman–Crippen MR) is 73.7 cm³/mol. The number of rotatable bonds is 6. The number of carbonyl (C=O) groups is 2. The molecule has 0 aromatic heterocycles. The summed E-state index contributed by atoms with van der Waals surface area (Å²) < 4.78 is 5.01. The fourth-order valence-electron chi connectivity index (χ4n) is 1.51. The van der Waals surface area contributed by atoms with E-state index in [2.05, 4.69) is 10.6 Å². The van der Waals surface area contributed by atoms with E-state index in [4.69, 9.17) is 4.74 Å². The molecule has 0 bridgehead atoms. The van der Waals surface area contributed by atoms with Gasteiger partial charge in [0.1, 0.15) is 6.04 Å². The molecule has 0 spiro atoms. The van der Waals surface area contributed by atoms with Crippen molar-refractivity contribution in [2.75, 3.05) is 12.4 Å². The Morgan fingerprint density at radius 2 is 1.89 bits per heavy atom. The zero-order valence-electron chi connectivity index (χ0n) is 11.5. The van der Waals surface area contributed by atoms with Gasteiger partial charge < -0.3 is 15.4 Å². The lowest BCUT2D eigenvalue weighted by atomic mass is 10.2. The van der Waals surface area contributed by atoms with E-state index in [0.29, 0.717) is 18.7 Å². The normalized spacial score (nSPS) is 11.7. The summed E-state index contributed by atoms with van der Waals surface area (Å²) in [7, 11) is 1.63. The molecule has 2 N–H and O–H groups in total. The van der Waals surface area contributed by atoms with Crippen molar-refractivity contribution < 1.29 is 14.3 Å². The molecule has 0 fully saturated rings. The molecule has 0 aliphatic carbocycles. The molecule has 5 heteroatoms. The van der Waals surface area contributed by atoms with Crippen LogP contribution in [-0.4, -0.2) is 25.0 Å². The molecule has 5 nitrogen and oxygen atoms in total. The van der Waals surface area contributed by atoms with Gasteiger partial charge in [0.25, 0.3) is 0 Å². The summed E-state index contributed by atoms with van der Waals surface area (Å²) in [5.41, 5.74) is 1.73. The maximum Gasteiger partial charge on any atom is 0.246 e. The van der Waals surface area contributed by atoms with E-state index in [-0.39, 0.29) is 11.8 Å². The number of carbonyl (C=O) groups excluding carboxylic acids is 2. The number of methoxy groups -OCH3 is 1. The van der Waals surface area contributed by atoms with Crippen molar-refractivity contribution in [2.24, 2.45) is 0 Å². The van der Waals surface area contributed by atoms with E-state index < -0.39 is 6.04 Å². The van der Waals surface area contributed by atoms with E-state index in [1.807, 2.05) is 12.1 Å². The third-order valence-corrected chi connectivity index (χ3v) is 2.62. The van der Waals surface area contributed by atoms with Gasteiger partial charge in [-0.15, -0.1) is 0 Å². The van der Waals surface area contributed by atoms with Gasteiger partial charge in [0, 0.05) is 19.2 Å². The SMILES string of the molecule is CCC(=O)NC(C)C(=O)Nc1ccc(COC)cc1. The van der Waals surface area contributed by atoms with Crippen LogP contribution in [-0.2, 0) is 20.9 Å². The number of nitrogens with one attached hydrogen (secondary N) is 2. The summed E-state index contributed by atoms with van der Waals surface area (Å²) in [6.07, 6.45) is 0.364. The summed E-state index contributed by atoms with van der Waals surface area (Å²) in [6.45, 7) is 3.94. The molecule has 0 aliphatic heterocycles. The molecule has 0 radical (unpaired) electrons. The van der Waals surface area contributed by atoms with Crippen LogP contribution < -0.4 is 10.6 Å². The topological polar surface area (TPSA) is 67.4 Å². The minimum Gasteiger partial charge on any atom is -0.380 e. The van der Waals surface area contributed by atoms with Crippen molar-refractivity contribution in [1.29, 1.82) is 0 Å². The molecule has 2 amide bonds. The smallest absolute Gasteiger partial charge is 0.246 e. The highest BCUT2D eigenvalue weighted by atomic mass is 16.5. The second kappa shape index (κ2) is 7.53. The number of benzene rings is 1. The summed E-state index contributed by atoms with van der Waals surface area (Å²) in [5, 5.41) is 5.36. The van der Waals surface area contributed by atoms with Crippen LogP contribution in [0.2, 0.25) is 0 Å². The summed E-state index contributed by atoms with van der Waals surface area (Å²) in [4.78, 5) is 23.0. The van der Waals surface area contributed by atoms with E-state index in [9.17, 15) is 9.59 Å². The maximum absolute atomic E-state index is 11.8. The van der Waals surface area contributed by atoms with Crippen molar-refractivity contribution in [3.63, 3.8) is 0 Å². The Kier molecular flexibility index (Phi) is 6.02. The minimum absolute atomic E-state index is 0.141. The summed E-state index contributed by atoms with van der Waals surface area (Å²) in [5.74, 6) is -0.376. The second-order valence-electron chi connectivity index (χ2n) is 4.26. The lowest BCUT2D eigenvalue weighted by Crippen LogP contribution is -2.41. The molecule has 19 heavy (non-hydrogen) atoms. The van der Waals surface area contributed by atoms with Crippen molar-refractivity contribution in [3.8, 4) is 0 Å². The molecular weight excluding hydrogens is 244 g/mol. The summed E-state index contributed by atoms with van der Waals surface area (Å²) >= 11 is 0. The van der Waals surface area contributed by atoms with Gasteiger partial charge in [-0.1, -0.05) is 19.1 Å². The highest BCUT2D eigenvalue weighted by Gasteiger charge is 2.14. The van der Waals surface area contributed by atoms with Crippen LogP contribution in [0, 0.1) is 0 Å². The average Bonchev–Trinajstić information content (AvgIpc) is 2.41. The third-order valence-electron chi connectivity index (χ3n) is 2.62. The van der Waals surface area contributed by atoms with E-state index in [1.54, 1.807) is 33.1 Å². The zero-order valence-corrected chi connectivity index (χ0v) is 11.5. The molecule has 0 saturated carbocycles. The van der Waals surface area contributed by atoms with Crippen LogP contribution in [0.25, 0.3) is 0 Å². The van der Waals surface area contributed by atoms with E-state index >= 15 is 0 Å². The van der Waals surface area contributed by atoms with Gasteiger partial charge in [-0.25, -0.2) is 0 Å². The van der Waals surface area contributed by atoms with Crippen LogP contribution in [0.3, 0.4) is 0 Å². The first-order valence-corrected chi connectivity index (χ1v) is 6.25. The number of hydrogen-bond acceptors (Lipinski definition) is 3. The van der Waals surface area contributed by atoms with Crippen molar-refractivity contribution in [2.45, 2.75) is 32.9 Å². The second-order valence-corrected chi connectivity index (χ2v) is 4.26. The molecule has 0 aliphatic rings. The lowest BCUT2D eigenvalue weighted by molar-refractivity contribution is -0.125. The van der Waals surface area contributed by atoms with Gasteiger partial charge in [0.05, 0.1) is 6.61 Å². The quantitative estimate of drug-likeness (QED) is 0.821.